The standard InChI is InChI=1S/C18H25NO4/c1-18(2,3)23-17(21)19-15(11-20)9-10-16(19)13-22-12-14-7-5-4-6-8-14/h4-8,11,15-16H,9-10,12-13H2,1-3H3/t15-,16-/m1/s1. The van der Waals surface area contributed by atoms with Crippen molar-refractivity contribution in [1.82, 2.24) is 4.90 Å². The zero-order valence-electron chi connectivity index (χ0n) is 14.0. The normalized spacial score (nSPS) is 21.3. The van der Waals surface area contributed by atoms with E-state index in [2.05, 4.69) is 0 Å². The predicted molar refractivity (Wildman–Crippen MR) is 87.0 cm³/mol. The van der Waals surface area contributed by atoms with Crippen LogP contribution in [0.15, 0.2) is 30.3 Å². The lowest BCUT2D eigenvalue weighted by Crippen LogP contribution is -2.46. The molecule has 0 saturated carbocycles. The lowest BCUT2D eigenvalue weighted by atomic mass is 10.2. The molecular formula is C18H25NO4. The second kappa shape index (κ2) is 7.59. The number of carbonyl (C=O) groups is 2. The number of ether oxygens (including phenoxy) is 2. The lowest BCUT2D eigenvalue weighted by Gasteiger charge is -2.30. The van der Waals surface area contributed by atoms with Crippen molar-refractivity contribution in [2.75, 3.05) is 6.61 Å². The third-order valence-corrected chi connectivity index (χ3v) is 3.73. The average Bonchev–Trinajstić information content (AvgIpc) is 2.90. The maximum absolute atomic E-state index is 12.4. The minimum Gasteiger partial charge on any atom is -0.444 e. The zero-order valence-corrected chi connectivity index (χ0v) is 14.0. The summed E-state index contributed by atoms with van der Waals surface area (Å²) < 4.78 is 11.2. The number of rotatable bonds is 5. The first-order valence-electron chi connectivity index (χ1n) is 7.99. The van der Waals surface area contributed by atoms with Crippen LogP contribution in [0.4, 0.5) is 4.79 Å². The van der Waals surface area contributed by atoms with Gasteiger partial charge in [0.15, 0.2) is 0 Å². The third-order valence-electron chi connectivity index (χ3n) is 3.73. The Hall–Kier alpha value is -1.88. The summed E-state index contributed by atoms with van der Waals surface area (Å²) in [5, 5.41) is 0. The predicted octanol–water partition coefficient (Wildman–Crippen LogP) is 3.17. The van der Waals surface area contributed by atoms with Crippen molar-refractivity contribution in [1.29, 1.82) is 0 Å². The van der Waals surface area contributed by atoms with Crippen LogP contribution in [0.3, 0.4) is 0 Å². The van der Waals surface area contributed by atoms with E-state index in [9.17, 15) is 9.59 Å². The Balaban J connectivity index is 1.93. The molecule has 5 nitrogen and oxygen atoms in total. The second-order valence-electron chi connectivity index (χ2n) is 6.82. The van der Waals surface area contributed by atoms with Gasteiger partial charge in [0.2, 0.25) is 0 Å². The maximum Gasteiger partial charge on any atom is 0.411 e. The van der Waals surface area contributed by atoms with E-state index in [1.165, 1.54) is 4.90 Å². The van der Waals surface area contributed by atoms with Crippen LogP contribution < -0.4 is 0 Å². The summed E-state index contributed by atoms with van der Waals surface area (Å²) in [6.07, 6.45) is 1.78. The average molecular weight is 319 g/mol. The van der Waals surface area contributed by atoms with Crippen molar-refractivity contribution in [3.8, 4) is 0 Å². The van der Waals surface area contributed by atoms with E-state index in [4.69, 9.17) is 9.47 Å². The van der Waals surface area contributed by atoms with Gasteiger partial charge in [0.05, 0.1) is 25.3 Å². The van der Waals surface area contributed by atoms with E-state index in [-0.39, 0.29) is 6.04 Å². The quantitative estimate of drug-likeness (QED) is 0.782. The van der Waals surface area contributed by atoms with E-state index in [0.717, 1.165) is 18.3 Å². The molecule has 1 aromatic rings. The van der Waals surface area contributed by atoms with Crippen molar-refractivity contribution < 1.29 is 19.1 Å². The first-order valence-corrected chi connectivity index (χ1v) is 7.99. The molecule has 0 bridgehead atoms. The van der Waals surface area contributed by atoms with Crippen molar-refractivity contribution >= 4 is 12.4 Å². The molecular weight excluding hydrogens is 294 g/mol. The summed E-state index contributed by atoms with van der Waals surface area (Å²) in [5.74, 6) is 0. The molecule has 2 rings (SSSR count). The maximum atomic E-state index is 12.4. The number of hydrogen-bond donors (Lipinski definition) is 0. The fourth-order valence-electron chi connectivity index (χ4n) is 2.70. The molecule has 0 aromatic heterocycles. The van der Waals surface area contributed by atoms with Gasteiger partial charge in [-0.2, -0.15) is 0 Å². The zero-order chi connectivity index (χ0) is 16.9. The van der Waals surface area contributed by atoms with Gasteiger partial charge in [-0.1, -0.05) is 30.3 Å². The second-order valence-corrected chi connectivity index (χ2v) is 6.82. The Labute approximate surface area is 137 Å². The molecule has 1 aliphatic rings. The van der Waals surface area contributed by atoms with Gasteiger partial charge in [-0.05, 0) is 39.2 Å². The van der Waals surface area contributed by atoms with Gasteiger partial charge < -0.3 is 14.3 Å². The van der Waals surface area contributed by atoms with Gasteiger partial charge in [-0.25, -0.2) is 4.79 Å². The highest BCUT2D eigenvalue weighted by molar-refractivity contribution is 5.75. The molecule has 23 heavy (non-hydrogen) atoms. The van der Waals surface area contributed by atoms with Gasteiger partial charge in [-0.3, -0.25) is 4.90 Å². The van der Waals surface area contributed by atoms with Crippen molar-refractivity contribution in [3.05, 3.63) is 35.9 Å². The van der Waals surface area contributed by atoms with Crippen LogP contribution in [0.1, 0.15) is 39.2 Å². The van der Waals surface area contributed by atoms with E-state index in [0.29, 0.717) is 19.6 Å². The summed E-state index contributed by atoms with van der Waals surface area (Å²) in [7, 11) is 0. The molecule has 1 aliphatic heterocycles. The number of amides is 1. The van der Waals surface area contributed by atoms with E-state index < -0.39 is 17.7 Å². The molecule has 1 fully saturated rings. The number of carbonyl (C=O) groups excluding carboxylic acids is 2. The number of nitrogens with zero attached hydrogens (tertiary/aromatic N) is 1. The molecule has 0 N–H and O–H groups in total. The van der Waals surface area contributed by atoms with Crippen LogP contribution in [0.5, 0.6) is 0 Å². The fraction of sp³-hybridized carbons (Fsp3) is 0.556. The van der Waals surface area contributed by atoms with Gasteiger partial charge in [0, 0.05) is 0 Å². The minimum absolute atomic E-state index is 0.122. The Bertz CT molecular complexity index is 524. The summed E-state index contributed by atoms with van der Waals surface area (Å²) in [6, 6.07) is 9.33. The molecule has 0 radical (unpaired) electrons. The largest absolute Gasteiger partial charge is 0.444 e. The van der Waals surface area contributed by atoms with Crippen LogP contribution in [-0.2, 0) is 20.9 Å². The lowest BCUT2D eigenvalue weighted by molar-refractivity contribution is -0.112. The highest BCUT2D eigenvalue weighted by atomic mass is 16.6. The van der Waals surface area contributed by atoms with Gasteiger partial charge >= 0.3 is 6.09 Å². The monoisotopic (exact) mass is 319 g/mol. The first kappa shape index (κ1) is 17.5. The Kier molecular flexibility index (Phi) is 5.77. The summed E-state index contributed by atoms with van der Waals surface area (Å²) in [4.78, 5) is 25.1. The van der Waals surface area contributed by atoms with Crippen molar-refractivity contribution in [2.45, 2.75) is 57.9 Å². The first-order chi connectivity index (χ1) is 10.9. The van der Waals surface area contributed by atoms with E-state index in [1.54, 1.807) is 0 Å². The summed E-state index contributed by atoms with van der Waals surface area (Å²) >= 11 is 0. The molecule has 0 aliphatic carbocycles. The van der Waals surface area contributed by atoms with Gasteiger partial charge in [0.25, 0.3) is 0 Å². The fourth-order valence-corrected chi connectivity index (χ4v) is 2.70. The van der Waals surface area contributed by atoms with Crippen LogP contribution in [0.25, 0.3) is 0 Å². The Morgan fingerprint density at radius 2 is 1.96 bits per heavy atom. The molecule has 1 saturated heterocycles. The highest BCUT2D eigenvalue weighted by Crippen LogP contribution is 2.26. The third kappa shape index (κ3) is 5.06. The molecule has 5 heteroatoms. The van der Waals surface area contributed by atoms with Crippen molar-refractivity contribution in [3.63, 3.8) is 0 Å². The van der Waals surface area contributed by atoms with Gasteiger partial charge in [0.1, 0.15) is 11.9 Å². The molecule has 0 unspecified atom stereocenters. The topological polar surface area (TPSA) is 55.8 Å². The highest BCUT2D eigenvalue weighted by Gasteiger charge is 2.39. The Morgan fingerprint density at radius 1 is 1.26 bits per heavy atom. The summed E-state index contributed by atoms with van der Waals surface area (Å²) in [5.41, 5.74) is 0.504. The number of benzene rings is 1. The smallest absolute Gasteiger partial charge is 0.411 e. The molecule has 1 heterocycles. The molecule has 1 amide bonds. The SMILES string of the molecule is CC(C)(C)OC(=O)N1[C@@H](COCc2ccccc2)CC[C@@H]1C=O. The minimum atomic E-state index is -0.581. The van der Waals surface area contributed by atoms with E-state index >= 15 is 0 Å². The van der Waals surface area contributed by atoms with Crippen LogP contribution >= 0.6 is 0 Å². The molecule has 1 aromatic carbocycles. The van der Waals surface area contributed by atoms with Gasteiger partial charge in [-0.15, -0.1) is 0 Å². The number of aldehydes is 1. The number of hydrogen-bond acceptors (Lipinski definition) is 4. The van der Waals surface area contributed by atoms with E-state index in [1.807, 2.05) is 51.1 Å². The molecule has 0 spiro atoms. The Morgan fingerprint density at radius 3 is 2.57 bits per heavy atom. The summed E-state index contributed by atoms with van der Waals surface area (Å²) in [6.45, 7) is 6.34. The van der Waals surface area contributed by atoms with Crippen LogP contribution in [0, 0.1) is 0 Å². The van der Waals surface area contributed by atoms with Crippen LogP contribution in [0.2, 0.25) is 0 Å². The van der Waals surface area contributed by atoms with Crippen LogP contribution in [-0.4, -0.2) is 41.6 Å². The number of likely N-dealkylation sites (tertiary alicyclic amines) is 1. The van der Waals surface area contributed by atoms with Crippen molar-refractivity contribution in [2.24, 2.45) is 0 Å². The molecule has 126 valence electrons. The molecule has 2 atom stereocenters.